The van der Waals surface area contributed by atoms with Crippen LogP contribution in [0.4, 0.5) is 5.82 Å². The Kier molecular flexibility index (Phi) is 3.86. The SMILES string of the molecule is CCN(C)c1ccc(B2OC(C)(C)C(C)(C)O2)c(C)n1. The Labute approximate surface area is 122 Å². The van der Waals surface area contributed by atoms with Crippen LogP contribution in [0.1, 0.15) is 40.3 Å². The molecule has 4 nitrogen and oxygen atoms in total. The largest absolute Gasteiger partial charge is 0.496 e. The van der Waals surface area contributed by atoms with Crippen LogP contribution >= 0.6 is 0 Å². The first-order valence-electron chi connectivity index (χ1n) is 7.22. The summed E-state index contributed by atoms with van der Waals surface area (Å²) in [5, 5.41) is 0. The highest BCUT2D eigenvalue weighted by atomic mass is 16.7. The van der Waals surface area contributed by atoms with Crippen LogP contribution < -0.4 is 10.4 Å². The molecule has 1 aliphatic rings. The van der Waals surface area contributed by atoms with E-state index in [1.54, 1.807) is 0 Å². The molecule has 0 bridgehead atoms. The fraction of sp³-hybridized carbons (Fsp3) is 0.667. The third-order valence-electron chi connectivity index (χ3n) is 4.48. The average Bonchev–Trinajstić information content (AvgIpc) is 2.57. The van der Waals surface area contributed by atoms with Gasteiger partial charge >= 0.3 is 7.12 Å². The van der Waals surface area contributed by atoms with E-state index in [4.69, 9.17) is 9.31 Å². The van der Waals surface area contributed by atoms with Crippen LogP contribution in [0.5, 0.6) is 0 Å². The van der Waals surface area contributed by atoms with Gasteiger partial charge in [0.05, 0.1) is 11.2 Å². The second kappa shape index (κ2) is 5.04. The summed E-state index contributed by atoms with van der Waals surface area (Å²) in [7, 11) is 1.70. The molecule has 110 valence electrons. The second-order valence-electron chi connectivity index (χ2n) is 6.45. The van der Waals surface area contributed by atoms with Crippen LogP contribution in [-0.4, -0.2) is 36.9 Å². The topological polar surface area (TPSA) is 34.6 Å². The standard InChI is InChI=1S/C15H25BN2O2/c1-8-18(7)13-10-9-12(11(2)17-13)16-19-14(3,4)15(5,6)20-16/h9-10H,8H2,1-7H3. The number of hydrogen-bond donors (Lipinski definition) is 0. The summed E-state index contributed by atoms with van der Waals surface area (Å²) in [6.07, 6.45) is 0. The molecule has 2 heterocycles. The van der Waals surface area contributed by atoms with Gasteiger partial charge in [-0.15, -0.1) is 0 Å². The molecule has 0 atom stereocenters. The molecule has 20 heavy (non-hydrogen) atoms. The highest BCUT2D eigenvalue weighted by Crippen LogP contribution is 2.36. The van der Waals surface area contributed by atoms with Gasteiger partial charge in [-0.3, -0.25) is 0 Å². The van der Waals surface area contributed by atoms with Gasteiger partial charge in [-0.25, -0.2) is 4.98 Å². The Bertz CT molecular complexity index is 487. The van der Waals surface area contributed by atoms with Crippen molar-refractivity contribution in [1.29, 1.82) is 0 Å². The summed E-state index contributed by atoms with van der Waals surface area (Å²) in [6, 6.07) is 4.09. The molecule has 1 aromatic heterocycles. The zero-order valence-electron chi connectivity index (χ0n) is 13.7. The molecule has 0 aliphatic carbocycles. The Balaban J connectivity index is 2.28. The molecule has 1 saturated heterocycles. The maximum atomic E-state index is 6.08. The van der Waals surface area contributed by atoms with E-state index in [2.05, 4.69) is 50.6 Å². The Hall–Kier alpha value is -1.07. The molecule has 1 fully saturated rings. The highest BCUT2D eigenvalue weighted by Gasteiger charge is 2.52. The molecular weight excluding hydrogens is 251 g/mol. The van der Waals surface area contributed by atoms with Gasteiger partial charge < -0.3 is 14.2 Å². The summed E-state index contributed by atoms with van der Waals surface area (Å²) in [6.45, 7) is 13.3. The first kappa shape index (κ1) is 15.3. The van der Waals surface area contributed by atoms with Crippen molar-refractivity contribution in [2.24, 2.45) is 0 Å². The van der Waals surface area contributed by atoms with Gasteiger partial charge in [0.1, 0.15) is 5.82 Å². The molecule has 0 amide bonds. The maximum Gasteiger partial charge on any atom is 0.496 e. The lowest BCUT2D eigenvalue weighted by molar-refractivity contribution is 0.00578. The molecule has 0 aromatic carbocycles. The van der Waals surface area contributed by atoms with Crippen LogP contribution in [0.2, 0.25) is 0 Å². The van der Waals surface area contributed by atoms with Gasteiger partial charge in [-0.2, -0.15) is 0 Å². The predicted octanol–water partition coefficient (Wildman–Crippen LogP) is 2.15. The molecule has 1 aliphatic heterocycles. The zero-order chi connectivity index (χ0) is 15.1. The van der Waals surface area contributed by atoms with Gasteiger partial charge in [0, 0.05) is 24.7 Å². The van der Waals surface area contributed by atoms with Crippen molar-refractivity contribution in [3.63, 3.8) is 0 Å². The van der Waals surface area contributed by atoms with Crippen molar-refractivity contribution in [3.05, 3.63) is 17.8 Å². The van der Waals surface area contributed by atoms with E-state index >= 15 is 0 Å². The zero-order valence-corrected chi connectivity index (χ0v) is 13.7. The first-order valence-corrected chi connectivity index (χ1v) is 7.22. The van der Waals surface area contributed by atoms with Crippen LogP contribution in [0.25, 0.3) is 0 Å². The number of hydrogen-bond acceptors (Lipinski definition) is 4. The molecule has 0 radical (unpaired) electrons. The molecule has 0 spiro atoms. The number of nitrogens with zero attached hydrogens (tertiary/aromatic N) is 2. The van der Waals surface area contributed by atoms with Crippen molar-refractivity contribution in [2.45, 2.75) is 52.7 Å². The Morgan fingerprint density at radius 3 is 2.15 bits per heavy atom. The third-order valence-corrected chi connectivity index (χ3v) is 4.48. The normalized spacial score (nSPS) is 20.2. The van der Waals surface area contributed by atoms with Gasteiger partial charge in [-0.05, 0) is 47.6 Å². The molecule has 0 N–H and O–H groups in total. The minimum absolute atomic E-state index is 0.316. The lowest BCUT2D eigenvalue weighted by Crippen LogP contribution is -2.41. The van der Waals surface area contributed by atoms with E-state index in [0.29, 0.717) is 0 Å². The Morgan fingerprint density at radius 2 is 1.70 bits per heavy atom. The van der Waals surface area contributed by atoms with Gasteiger partial charge in [-0.1, -0.05) is 6.07 Å². The minimum Gasteiger partial charge on any atom is -0.399 e. The number of rotatable bonds is 3. The van der Waals surface area contributed by atoms with Crippen molar-refractivity contribution in [1.82, 2.24) is 4.98 Å². The van der Waals surface area contributed by atoms with E-state index in [1.165, 1.54) is 0 Å². The third kappa shape index (κ3) is 2.57. The molecule has 0 unspecified atom stereocenters. The van der Waals surface area contributed by atoms with E-state index < -0.39 is 0 Å². The quantitative estimate of drug-likeness (QED) is 0.792. The first-order chi connectivity index (χ1) is 9.18. The number of pyridine rings is 1. The van der Waals surface area contributed by atoms with Crippen molar-refractivity contribution in [3.8, 4) is 0 Å². The lowest BCUT2D eigenvalue weighted by Gasteiger charge is -2.32. The lowest BCUT2D eigenvalue weighted by atomic mass is 9.78. The molecule has 5 heteroatoms. The van der Waals surface area contributed by atoms with E-state index in [1.807, 2.05) is 20.0 Å². The van der Waals surface area contributed by atoms with Crippen LogP contribution in [-0.2, 0) is 9.31 Å². The average molecular weight is 276 g/mol. The van der Waals surface area contributed by atoms with E-state index in [9.17, 15) is 0 Å². The molecular formula is C15H25BN2O2. The smallest absolute Gasteiger partial charge is 0.399 e. The maximum absolute atomic E-state index is 6.08. The number of aryl methyl sites for hydroxylation is 1. The van der Waals surface area contributed by atoms with Crippen LogP contribution in [0.3, 0.4) is 0 Å². The van der Waals surface area contributed by atoms with Crippen molar-refractivity contribution < 1.29 is 9.31 Å². The Morgan fingerprint density at radius 1 is 1.15 bits per heavy atom. The van der Waals surface area contributed by atoms with E-state index in [0.717, 1.165) is 23.5 Å². The molecule has 2 rings (SSSR count). The van der Waals surface area contributed by atoms with Crippen molar-refractivity contribution >= 4 is 18.4 Å². The fourth-order valence-electron chi connectivity index (χ4n) is 2.15. The van der Waals surface area contributed by atoms with Crippen LogP contribution in [0.15, 0.2) is 12.1 Å². The van der Waals surface area contributed by atoms with Gasteiger partial charge in [0.15, 0.2) is 0 Å². The van der Waals surface area contributed by atoms with Crippen molar-refractivity contribution in [2.75, 3.05) is 18.5 Å². The van der Waals surface area contributed by atoms with Crippen LogP contribution in [0, 0.1) is 6.92 Å². The highest BCUT2D eigenvalue weighted by molar-refractivity contribution is 6.62. The van der Waals surface area contributed by atoms with Gasteiger partial charge in [0.2, 0.25) is 0 Å². The summed E-state index contributed by atoms with van der Waals surface area (Å²) >= 11 is 0. The monoisotopic (exact) mass is 276 g/mol. The fourth-order valence-corrected chi connectivity index (χ4v) is 2.15. The van der Waals surface area contributed by atoms with E-state index in [-0.39, 0.29) is 18.3 Å². The second-order valence-corrected chi connectivity index (χ2v) is 6.45. The molecule has 0 saturated carbocycles. The summed E-state index contributed by atoms with van der Waals surface area (Å²) in [4.78, 5) is 6.76. The summed E-state index contributed by atoms with van der Waals surface area (Å²) < 4.78 is 12.2. The molecule has 1 aromatic rings. The predicted molar refractivity (Wildman–Crippen MR) is 83.6 cm³/mol. The number of aromatic nitrogens is 1. The summed E-state index contributed by atoms with van der Waals surface area (Å²) in [5.74, 6) is 0.977. The number of anilines is 1. The minimum atomic E-state index is -0.339. The summed E-state index contributed by atoms with van der Waals surface area (Å²) in [5.41, 5.74) is 1.34. The van der Waals surface area contributed by atoms with Gasteiger partial charge in [0.25, 0.3) is 0 Å².